The number of hydrogen-bond acceptors (Lipinski definition) is 2. The van der Waals surface area contributed by atoms with Crippen LogP contribution >= 0.6 is 11.3 Å². The van der Waals surface area contributed by atoms with Gasteiger partial charge in [-0.15, -0.1) is 11.3 Å². The molecule has 1 nitrogen and oxygen atoms in total. The summed E-state index contributed by atoms with van der Waals surface area (Å²) in [5.41, 5.74) is 8.29. The fraction of sp³-hybridized carbons (Fsp3) is 0. The summed E-state index contributed by atoms with van der Waals surface area (Å²) in [7, 11) is 0. The maximum absolute atomic E-state index is 2.44. The Hall–Kier alpha value is -6.74. The van der Waals surface area contributed by atoms with E-state index in [0.717, 1.165) is 11.4 Å². The van der Waals surface area contributed by atoms with Crippen molar-refractivity contribution in [3.63, 3.8) is 0 Å². The molecule has 0 radical (unpaired) electrons. The van der Waals surface area contributed by atoms with Crippen LogP contribution < -0.4 is 4.90 Å². The summed E-state index contributed by atoms with van der Waals surface area (Å²) >= 11 is 1.87. The van der Waals surface area contributed by atoms with Crippen molar-refractivity contribution < 1.29 is 0 Å². The van der Waals surface area contributed by atoms with Gasteiger partial charge in [-0.1, -0.05) is 152 Å². The van der Waals surface area contributed by atoms with Crippen molar-refractivity contribution in [3.8, 4) is 22.3 Å². The molecule has 0 saturated heterocycles. The van der Waals surface area contributed by atoms with Gasteiger partial charge in [0.2, 0.25) is 0 Å². The van der Waals surface area contributed by atoms with Gasteiger partial charge in [0, 0.05) is 31.5 Å². The molecule has 0 amide bonds. The number of fused-ring (bicyclic) bond motifs is 10. The van der Waals surface area contributed by atoms with Crippen molar-refractivity contribution in [2.24, 2.45) is 0 Å². The molecule has 10 aromatic carbocycles. The average molecular weight is 704 g/mol. The molecule has 11 aromatic rings. The predicted molar refractivity (Wildman–Crippen MR) is 235 cm³/mol. The molecule has 2 heteroatoms. The molecule has 0 atom stereocenters. The van der Waals surface area contributed by atoms with Gasteiger partial charge in [-0.3, -0.25) is 0 Å². The zero-order chi connectivity index (χ0) is 35.6. The summed E-state index contributed by atoms with van der Waals surface area (Å²) in [6, 6.07) is 73.4. The van der Waals surface area contributed by atoms with E-state index in [1.54, 1.807) is 0 Å². The lowest BCUT2D eigenvalue weighted by molar-refractivity contribution is 1.30. The van der Waals surface area contributed by atoms with Gasteiger partial charge in [0.15, 0.2) is 0 Å². The first-order valence-electron chi connectivity index (χ1n) is 18.5. The van der Waals surface area contributed by atoms with E-state index in [1.165, 1.54) is 91.2 Å². The number of nitrogens with zero attached hydrogens (tertiary/aromatic N) is 1. The van der Waals surface area contributed by atoms with Crippen LogP contribution in [0, 0.1) is 0 Å². The van der Waals surface area contributed by atoms with Crippen LogP contribution in [-0.2, 0) is 0 Å². The molecule has 0 N–H and O–H groups in total. The van der Waals surface area contributed by atoms with Crippen LogP contribution in [-0.4, -0.2) is 0 Å². The van der Waals surface area contributed by atoms with Gasteiger partial charge in [0.25, 0.3) is 0 Å². The van der Waals surface area contributed by atoms with Crippen LogP contribution in [0.5, 0.6) is 0 Å². The highest BCUT2D eigenvalue weighted by Crippen LogP contribution is 2.47. The van der Waals surface area contributed by atoms with Crippen LogP contribution in [0.3, 0.4) is 0 Å². The third-order valence-corrected chi connectivity index (χ3v) is 12.1. The Morgan fingerprint density at radius 1 is 0.315 bits per heavy atom. The van der Waals surface area contributed by atoms with Gasteiger partial charge in [-0.05, 0) is 114 Å². The Balaban J connectivity index is 1.11. The summed E-state index contributed by atoms with van der Waals surface area (Å²) in [5, 5.41) is 12.9. The fourth-order valence-corrected chi connectivity index (χ4v) is 9.67. The van der Waals surface area contributed by atoms with Crippen LogP contribution in [0.4, 0.5) is 17.1 Å². The first-order chi connectivity index (χ1) is 26.8. The van der Waals surface area contributed by atoms with Gasteiger partial charge >= 0.3 is 0 Å². The highest BCUT2D eigenvalue weighted by Gasteiger charge is 2.20. The standard InChI is InChI=1S/C52H33NS/c1-2-11-34(12-3-1)35-23-28-40(29-24-35)53(47-19-10-20-48-52(47)51-43-16-7-5-14-37(43)27-32-49(51)54-48)41-30-25-38(26-31-41)46-33-39-22-21-36-13-4-6-15-42(36)50(39)45-18-9-8-17-44(45)46/h1-33H. The van der Waals surface area contributed by atoms with Crippen LogP contribution in [0.1, 0.15) is 0 Å². The second kappa shape index (κ2) is 12.4. The van der Waals surface area contributed by atoms with Crippen molar-refractivity contribution in [2.45, 2.75) is 0 Å². The van der Waals surface area contributed by atoms with Crippen molar-refractivity contribution in [1.82, 2.24) is 0 Å². The lowest BCUT2D eigenvalue weighted by Gasteiger charge is -2.27. The zero-order valence-corrected chi connectivity index (χ0v) is 30.2. The molecule has 0 spiro atoms. The zero-order valence-electron chi connectivity index (χ0n) is 29.4. The largest absolute Gasteiger partial charge is 0.310 e. The van der Waals surface area contributed by atoms with Gasteiger partial charge in [0.05, 0.1) is 5.69 Å². The van der Waals surface area contributed by atoms with Crippen LogP contribution in [0.25, 0.3) is 85.5 Å². The molecule has 1 heterocycles. The quantitative estimate of drug-likeness (QED) is 0.161. The van der Waals surface area contributed by atoms with Crippen LogP contribution in [0.2, 0.25) is 0 Å². The van der Waals surface area contributed by atoms with Gasteiger partial charge in [0.1, 0.15) is 0 Å². The predicted octanol–water partition coefficient (Wildman–Crippen LogP) is 15.5. The second-order valence-electron chi connectivity index (χ2n) is 14.1. The Labute approximate surface area is 317 Å². The molecule has 0 aliphatic rings. The number of benzene rings is 10. The topological polar surface area (TPSA) is 3.24 Å². The Morgan fingerprint density at radius 3 is 1.57 bits per heavy atom. The van der Waals surface area contributed by atoms with Crippen molar-refractivity contribution in [2.75, 3.05) is 4.90 Å². The number of rotatable bonds is 5. The molecule has 0 aliphatic heterocycles. The third kappa shape index (κ3) is 4.92. The van der Waals surface area contributed by atoms with Crippen molar-refractivity contribution in [3.05, 3.63) is 200 Å². The molecule has 0 fully saturated rings. The normalized spacial score (nSPS) is 11.7. The molecule has 11 rings (SSSR count). The molecule has 0 saturated carbocycles. The van der Waals surface area contributed by atoms with E-state index in [-0.39, 0.29) is 0 Å². The van der Waals surface area contributed by atoms with Crippen LogP contribution in [0.15, 0.2) is 200 Å². The molecular weight excluding hydrogens is 671 g/mol. The highest BCUT2D eigenvalue weighted by atomic mass is 32.1. The Kier molecular flexibility index (Phi) is 7.11. The second-order valence-corrected chi connectivity index (χ2v) is 15.1. The van der Waals surface area contributed by atoms with Gasteiger partial charge in [-0.2, -0.15) is 0 Å². The first kappa shape index (κ1) is 30.8. The van der Waals surface area contributed by atoms with E-state index < -0.39 is 0 Å². The Morgan fingerprint density at radius 2 is 0.852 bits per heavy atom. The van der Waals surface area contributed by atoms with Crippen molar-refractivity contribution >= 4 is 91.7 Å². The maximum atomic E-state index is 2.44. The van der Waals surface area contributed by atoms with E-state index in [2.05, 4.69) is 205 Å². The minimum absolute atomic E-state index is 1.12. The molecular formula is C52H33NS. The molecule has 0 bridgehead atoms. The smallest absolute Gasteiger partial charge is 0.0555 e. The average Bonchev–Trinajstić information content (AvgIpc) is 3.64. The van der Waals surface area contributed by atoms with E-state index in [0.29, 0.717) is 0 Å². The fourth-order valence-electron chi connectivity index (χ4n) is 8.52. The van der Waals surface area contributed by atoms with E-state index in [9.17, 15) is 0 Å². The number of anilines is 3. The van der Waals surface area contributed by atoms with E-state index in [4.69, 9.17) is 0 Å². The minimum Gasteiger partial charge on any atom is -0.310 e. The minimum atomic E-state index is 1.12. The number of thiophene rings is 1. The van der Waals surface area contributed by atoms with E-state index in [1.807, 2.05) is 11.3 Å². The molecule has 252 valence electrons. The van der Waals surface area contributed by atoms with Gasteiger partial charge < -0.3 is 4.90 Å². The summed E-state index contributed by atoms with van der Waals surface area (Å²) in [5.74, 6) is 0. The van der Waals surface area contributed by atoms with Gasteiger partial charge in [-0.25, -0.2) is 0 Å². The van der Waals surface area contributed by atoms with E-state index >= 15 is 0 Å². The Bertz CT molecular complexity index is 3190. The summed E-state index contributed by atoms with van der Waals surface area (Å²) in [4.78, 5) is 2.44. The van der Waals surface area contributed by atoms with Crippen molar-refractivity contribution in [1.29, 1.82) is 0 Å². The number of hydrogen-bond donors (Lipinski definition) is 0. The summed E-state index contributed by atoms with van der Waals surface area (Å²) in [6.07, 6.45) is 0. The first-order valence-corrected chi connectivity index (χ1v) is 19.3. The molecule has 0 aliphatic carbocycles. The highest BCUT2D eigenvalue weighted by molar-refractivity contribution is 7.26. The maximum Gasteiger partial charge on any atom is 0.0555 e. The lowest BCUT2D eigenvalue weighted by Crippen LogP contribution is -2.10. The SMILES string of the molecule is c1ccc(-c2ccc(N(c3ccc(-c4cc5ccc6ccccc6c5c5ccccc45)cc3)c3cccc4sc5ccc6ccccc6c5c34)cc2)cc1. The third-order valence-electron chi connectivity index (χ3n) is 11.0. The summed E-state index contributed by atoms with van der Waals surface area (Å²) < 4.78 is 2.60. The molecule has 54 heavy (non-hydrogen) atoms. The molecule has 1 aromatic heterocycles. The summed E-state index contributed by atoms with van der Waals surface area (Å²) in [6.45, 7) is 0. The lowest BCUT2D eigenvalue weighted by atomic mass is 9.90. The molecule has 0 unspecified atom stereocenters. The monoisotopic (exact) mass is 703 g/mol.